The molecule has 3 atom stereocenters. The molecule has 0 saturated carbocycles. The second-order valence-corrected chi connectivity index (χ2v) is 8.83. The molecule has 0 radical (unpaired) electrons. The Hall–Kier alpha value is -2.88. The maximum Gasteiger partial charge on any atom is 0.407 e. The minimum Gasteiger partial charge on any atom is -0.491 e. The molecule has 1 fully saturated rings. The highest BCUT2D eigenvalue weighted by Gasteiger charge is 2.39. The first-order valence-corrected chi connectivity index (χ1v) is 10.3. The summed E-state index contributed by atoms with van der Waals surface area (Å²) in [5, 5.41) is 5.43. The first-order chi connectivity index (χ1) is 14.5. The molecule has 1 aromatic carbocycles. The zero-order valence-electron chi connectivity index (χ0n) is 17.9. The van der Waals surface area contributed by atoms with E-state index < -0.39 is 29.5 Å². The molecule has 9 nitrogen and oxygen atoms in total. The fourth-order valence-corrected chi connectivity index (χ4v) is 3.69. The van der Waals surface area contributed by atoms with Gasteiger partial charge in [0, 0.05) is 13.1 Å². The van der Waals surface area contributed by atoms with Crippen LogP contribution in [0.3, 0.4) is 0 Å². The van der Waals surface area contributed by atoms with E-state index in [1.165, 1.54) is 12.1 Å². The Kier molecular flexibility index (Phi) is 6.68. The Morgan fingerprint density at radius 3 is 2.81 bits per heavy atom. The average Bonchev–Trinajstić information content (AvgIpc) is 3.06. The van der Waals surface area contributed by atoms with Crippen molar-refractivity contribution in [3.05, 3.63) is 29.6 Å². The van der Waals surface area contributed by atoms with Crippen LogP contribution in [0.5, 0.6) is 5.75 Å². The highest BCUT2D eigenvalue weighted by atomic mass is 19.1. The molecule has 0 bridgehead atoms. The summed E-state index contributed by atoms with van der Waals surface area (Å²) >= 11 is 0. The molecule has 3 rings (SSSR count). The first kappa shape index (κ1) is 22.8. The minimum atomic E-state index is -0.825. The number of nitrogens with zero attached hydrogens (tertiary/aromatic N) is 1. The number of nitrogens with two attached hydrogens (primary N) is 1. The van der Waals surface area contributed by atoms with Gasteiger partial charge in [0.1, 0.15) is 23.8 Å². The lowest BCUT2D eigenvalue weighted by atomic mass is 10.1. The smallest absolute Gasteiger partial charge is 0.407 e. The maximum atomic E-state index is 13.7. The van der Waals surface area contributed by atoms with Gasteiger partial charge in [0.15, 0.2) is 0 Å². The summed E-state index contributed by atoms with van der Waals surface area (Å²) in [5.74, 6) is -1.11. The van der Waals surface area contributed by atoms with E-state index in [0.717, 1.165) is 6.07 Å². The van der Waals surface area contributed by atoms with Crippen molar-refractivity contribution in [2.45, 2.75) is 57.3 Å². The number of ether oxygens (including phenoxy) is 2. The number of carbonyl (C=O) groups excluding carboxylic acids is 3. The number of benzene rings is 1. The van der Waals surface area contributed by atoms with E-state index in [1.54, 1.807) is 25.7 Å². The molecule has 2 heterocycles. The summed E-state index contributed by atoms with van der Waals surface area (Å²) in [6.45, 7) is 5.79. The van der Waals surface area contributed by atoms with Gasteiger partial charge >= 0.3 is 6.09 Å². The third-order valence-electron chi connectivity index (χ3n) is 5.09. The molecular weight excluding hydrogens is 407 g/mol. The van der Waals surface area contributed by atoms with Gasteiger partial charge in [0.25, 0.3) is 5.91 Å². The van der Waals surface area contributed by atoms with Crippen LogP contribution in [-0.4, -0.2) is 66.2 Å². The summed E-state index contributed by atoms with van der Waals surface area (Å²) in [5.41, 5.74) is 5.49. The standard InChI is InChI=1S/C21H29FN4O5/c1-21(2,3)31-20(29)25-13-9-14-11-30-17-5-4-12(22)8-15(17)18(27)24-7-6-16(23)19(28)26(14)10-13/h4-5,8,13-14,16H,6-7,9-11,23H2,1-3H3,(H,24,27)(H,25,29)/t13-,14-,16-/m0/s1. The molecule has 0 aromatic heterocycles. The maximum absolute atomic E-state index is 13.7. The van der Waals surface area contributed by atoms with Gasteiger partial charge < -0.3 is 30.7 Å². The third-order valence-corrected chi connectivity index (χ3v) is 5.09. The van der Waals surface area contributed by atoms with Crippen LogP contribution in [0.25, 0.3) is 0 Å². The van der Waals surface area contributed by atoms with E-state index in [2.05, 4.69) is 10.6 Å². The number of hydrogen-bond donors (Lipinski definition) is 3. The lowest BCUT2D eigenvalue weighted by Crippen LogP contribution is -2.49. The van der Waals surface area contributed by atoms with E-state index in [9.17, 15) is 18.8 Å². The van der Waals surface area contributed by atoms with E-state index in [1.807, 2.05) is 0 Å². The largest absolute Gasteiger partial charge is 0.491 e. The van der Waals surface area contributed by atoms with Crippen LogP contribution in [0.1, 0.15) is 44.0 Å². The van der Waals surface area contributed by atoms with Crippen molar-refractivity contribution in [2.75, 3.05) is 19.7 Å². The van der Waals surface area contributed by atoms with Gasteiger partial charge in [-0.25, -0.2) is 9.18 Å². The molecule has 10 heteroatoms. The Morgan fingerprint density at radius 1 is 1.35 bits per heavy atom. The van der Waals surface area contributed by atoms with Crippen LogP contribution in [0, 0.1) is 5.82 Å². The van der Waals surface area contributed by atoms with Gasteiger partial charge in [0.05, 0.1) is 23.7 Å². The molecule has 1 aromatic rings. The van der Waals surface area contributed by atoms with Gasteiger partial charge in [-0.05, 0) is 51.8 Å². The number of rotatable bonds is 1. The highest BCUT2D eigenvalue weighted by Crippen LogP contribution is 2.25. The van der Waals surface area contributed by atoms with Crippen LogP contribution in [0.4, 0.5) is 9.18 Å². The third kappa shape index (κ3) is 5.84. The molecule has 0 aliphatic carbocycles. The lowest BCUT2D eigenvalue weighted by Gasteiger charge is -2.28. The number of amides is 3. The summed E-state index contributed by atoms with van der Waals surface area (Å²) in [7, 11) is 0. The molecule has 31 heavy (non-hydrogen) atoms. The summed E-state index contributed by atoms with van der Waals surface area (Å²) in [6.07, 6.45) is 0.0912. The number of fused-ring (bicyclic) bond motifs is 2. The molecule has 3 amide bonds. The zero-order chi connectivity index (χ0) is 22.8. The number of alkyl carbamates (subject to hydrolysis) is 1. The van der Waals surface area contributed by atoms with Crippen molar-refractivity contribution in [3.8, 4) is 5.75 Å². The Labute approximate surface area is 180 Å². The van der Waals surface area contributed by atoms with Crippen LogP contribution >= 0.6 is 0 Å². The van der Waals surface area contributed by atoms with Crippen LogP contribution in [0.2, 0.25) is 0 Å². The van der Waals surface area contributed by atoms with E-state index in [-0.39, 0.29) is 55.4 Å². The van der Waals surface area contributed by atoms with Gasteiger partial charge in [-0.1, -0.05) is 0 Å². The second kappa shape index (κ2) is 9.09. The average molecular weight is 436 g/mol. The predicted molar refractivity (Wildman–Crippen MR) is 110 cm³/mol. The Balaban J connectivity index is 1.79. The van der Waals surface area contributed by atoms with Crippen molar-refractivity contribution in [2.24, 2.45) is 5.73 Å². The minimum absolute atomic E-state index is 0.0663. The highest BCUT2D eigenvalue weighted by molar-refractivity contribution is 5.97. The topological polar surface area (TPSA) is 123 Å². The predicted octanol–water partition coefficient (Wildman–Crippen LogP) is 1.16. The molecule has 170 valence electrons. The monoisotopic (exact) mass is 436 g/mol. The summed E-state index contributed by atoms with van der Waals surface area (Å²) in [6, 6.07) is 2.17. The van der Waals surface area contributed by atoms with E-state index >= 15 is 0 Å². The molecule has 4 N–H and O–H groups in total. The molecular formula is C21H29FN4O5. The van der Waals surface area contributed by atoms with Gasteiger partial charge in [-0.2, -0.15) is 0 Å². The van der Waals surface area contributed by atoms with Crippen LogP contribution < -0.4 is 21.1 Å². The second-order valence-electron chi connectivity index (χ2n) is 8.83. The van der Waals surface area contributed by atoms with Crippen molar-refractivity contribution in [1.82, 2.24) is 15.5 Å². The van der Waals surface area contributed by atoms with Gasteiger partial charge in [-0.15, -0.1) is 0 Å². The quantitative estimate of drug-likeness (QED) is 0.607. The lowest BCUT2D eigenvalue weighted by molar-refractivity contribution is -0.134. The molecule has 1 saturated heterocycles. The fraction of sp³-hybridized carbons (Fsp3) is 0.571. The number of hydrogen-bond acceptors (Lipinski definition) is 6. The molecule has 2 aliphatic heterocycles. The van der Waals surface area contributed by atoms with Crippen LogP contribution in [-0.2, 0) is 9.53 Å². The van der Waals surface area contributed by atoms with E-state index in [0.29, 0.717) is 6.42 Å². The number of nitrogens with one attached hydrogen (secondary N) is 2. The number of carbonyl (C=O) groups is 3. The Morgan fingerprint density at radius 2 is 2.10 bits per heavy atom. The zero-order valence-corrected chi connectivity index (χ0v) is 17.9. The number of halogens is 1. The first-order valence-electron chi connectivity index (χ1n) is 10.3. The SMILES string of the molecule is CC(C)(C)OC(=O)N[C@H]1C[C@H]2COc3ccc(F)cc3C(=O)NCC[C@H](N)C(=O)N2C1. The van der Waals surface area contributed by atoms with Crippen LogP contribution in [0.15, 0.2) is 18.2 Å². The molecule has 0 spiro atoms. The van der Waals surface area contributed by atoms with Crippen molar-refractivity contribution in [3.63, 3.8) is 0 Å². The van der Waals surface area contributed by atoms with Crippen molar-refractivity contribution >= 4 is 17.9 Å². The normalized spacial score (nSPS) is 24.7. The molecule has 0 unspecified atom stereocenters. The van der Waals surface area contributed by atoms with E-state index in [4.69, 9.17) is 15.2 Å². The molecule has 2 aliphatic rings. The van der Waals surface area contributed by atoms with Gasteiger partial charge in [0.2, 0.25) is 5.91 Å². The van der Waals surface area contributed by atoms with Crippen molar-refractivity contribution in [1.29, 1.82) is 0 Å². The Bertz CT molecular complexity index is 857. The summed E-state index contributed by atoms with van der Waals surface area (Å²) < 4.78 is 24.8. The van der Waals surface area contributed by atoms with Crippen molar-refractivity contribution < 1.29 is 28.2 Å². The fourth-order valence-electron chi connectivity index (χ4n) is 3.69. The summed E-state index contributed by atoms with van der Waals surface area (Å²) in [4.78, 5) is 39.1. The van der Waals surface area contributed by atoms with Gasteiger partial charge in [-0.3, -0.25) is 9.59 Å².